The molecule has 178 valence electrons. The predicted molar refractivity (Wildman–Crippen MR) is 130 cm³/mol. The molecule has 0 aliphatic heterocycles. The van der Waals surface area contributed by atoms with Gasteiger partial charge in [0.15, 0.2) is 5.75 Å². The van der Waals surface area contributed by atoms with Gasteiger partial charge < -0.3 is 8.92 Å². The molecular weight excluding hydrogens is 492 g/mol. The van der Waals surface area contributed by atoms with Crippen molar-refractivity contribution in [3.8, 4) is 22.6 Å². The van der Waals surface area contributed by atoms with E-state index in [1.807, 2.05) is 30.3 Å². The first-order chi connectivity index (χ1) is 16.8. The quantitative estimate of drug-likeness (QED) is 0.266. The van der Waals surface area contributed by atoms with Crippen LogP contribution in [0.1, 0.15) is 17.4 Å². The molecule has 8 nitrogen and oxygen atoms in total. The normalized spacial score (nSPS) is 11.1. The van der Waals surface area contributed by atoms with E-state index >= 15 is 0 Å². The topological polar surface area (TPSA) is 105 Å². The standard InChI is InChI=1S/C25H19ClN2O6S/c1-2-33-25(30)24-22(16-23(29)28(27-24)21-11-7-6-10-20(21)26)34-35(31,32)19-14-12-18(13-15-19)17-8-4-3-5-9-17/h3-16H,2H2,1H3. The molecule has 4 aromatic rings. The first kappa shape index (κ1) is 24.2. The van der Waals surface area contributed by atoms with Crippen LogP contribution in [0, 0.1) is 0 Å². The number of carbonyl (C=O) groups excluding carboxylic acids is 1. The predicted octanol–water partition coefficient (Wildman–Crippen LogP) is 4.50. The van der Waals surface area contributed by atoms with Crippen LogP contribution < -0.4 is 9.74 Å². The smallest absolute Gasteiger partial charge is 0.362 e. The van der Waals surface area contributed by atoms with Gasteiger partial charge in [-0.2, -0.15) is 18.2 Å². The lowest BCUT2D eigenvalue weighted by Gasteiger charge is -2.13. The van der Waals surface area contributed by atoms with Gasteiger partial charge in [-0.1, -0.05) is 66.2 Å². The summed E-state index contributed by atoms with van der Waals surface area (Å²) in [6.45, 7) is 1.58. The lowest BCUT2D eigenvalue weighted by Crippen LogP contribution is -2.26. The van der Waals surface area contributed by atoms with Crippen LogP contribution >= 0.6 is 11.6 Å². The molecule has 3 aromatic carbocycles. The number of benzene rings is 3. The molecule has 35 heavy (non-hydrogen) atoms. The fourth-order valence-electron chi connectivity index (χ4n) is 3.25. The molecule has 1 aromatic heterocycles. The van der Waals surface area contributed by atoms with Gasteiger partial charge in [-0.15, -0.1) is 0 Å². The Morgan fingerprint density at radius 2 is 1.57 bits per heavy atom. The van der Waals surface area contributed by atoms with Crippen LogP contribution in [0.5, 0.6) is 5.75 Å². The lowest BCUT2D eigenvalue weighted by molar-refractivity contribution is 0.0515. The molecule has 10 heteroatoms. The zero-order valence-corrected chi connectivity index (χ0v) is 20.0. The second-order valence-corrected chi connectivity index (χ2v) is 9.16. The van der Waals surface area contributed by atoms with Crippen LogP contribution in [0.2, 0.25) is 5.02 Å². The second-order valence-electron chi connectivity index (χ2n) is 7.21. The molecule has 0 radical (unpaired) electrons. The maximum atomic E-state index is 13.0. The Balaban J connectivity index is 1.73. The number of nitrogens with zero attached hydrogens (tertiary/aromatic N) is 2. The highest BCUT2D eigenvalue weighted by molar-refractivity contribution is 7.87. The molecule has 0 aliphatic rings. The number of aromatic nitrogens is 2. The largest absolute Gasteiger partial charge is 0.461 e. The van der Waals surface area contributed by atoms with Crippen LogP contribution in [0.25, 0.3) is 16.8 Å². The number of carbonyl (C=O) groups is 1. The van der Waals surface area contributed by atoms with E-state index in [1.165, 1.54) is 18.2 Å². The van der Waals surface area contributed by atoms with Crippen molar-refractivity contribution >= 4 is 27.7 Å². The number of para-hydroxylation sites is 1. The van der Waals surface area contributed by atoms with Crippen molar-refractivity contribution in [2.45, 2.75) is 11.8 Å². The van der Waals surface area contributed by atoms with Gasteiger partial charge in [-0.05, 0) is 42.3 Å². The first-order valence-corrected chi connectivity index (χ1v) is 12.2. The maximum Gasteiger partial charge on any atom is 0.362 e. The highest BCUT2D eigenvalue weighted by atomic mass is 35.5. The van der Waals surface area contributed by atoms with Crippen molar-refractivity contribution in [1.29, 1.82) is 0 Å². The SMILES string of the molecule is CCOC(=O)c1nn(-c2ccccc2Cl)c(=O)cc1OS(=O)(=O)c1ccc(-c2ccccc2)cc1. The summed E-state index contributed by atoms with van der Waals surface area (Å²) in [7, 11) is -4.41. The summed E-state index contributed by atoms with van der Waals surface area (Å²) in [5.74, 6) is -1.51. The van der Waals surface area contributed by atoms with Crippen molar-refractivity contribution in [2.24, 2.45) is 0 Å². The molecule has 0 atom stereocenters. The molecule has 0 spiro atoms. The minimum atomic E-state index is -4.41. The van der Waals surface area contributed by atoms with Crippen molar-refractivity contribution < 1.29 is 22.1 Å². The van der Waals surface area contributed by atoms with E-state index in [0.717, 1.165) is 21.9 Å². The van der Waals surface area contributed by atoms with E-state index in [9.17, 15) is 18.0 Å². The van der Waals surface area contributed by atoms with Gasteiger partial charge in [-0.25, -0.2) is 4.79 Å². The van der Waals surface area contributed by atoms with E-state index < -0.39 is 33.1 Å². The highest BCUT2D eigenvalue weighted by Gasteiger charge is 2.26. The third-order valence-electron chi connectivity index (χ3n) is 4.90. The van der Waals surface area contributed by atoms with Crippen molar-refractivity contribution in [3.63, 3.8) is 0 Å². The Kier molecular flexibility index (Phi) is 6.99. The van der Waals surface area contributed by atoms with E-state index in [1.54, 1.807) is 37.3 Å². The monoisotopic (exact) mass is 510 g/mol. The van der Waals surface area contributed by atoms with E-state index in [2.05, 4.69) is 5.10 Å². The Bertz CT molecular complexity index is 1530. The molecule has 4 rings (SSSR count). The first-order valence-electron chi connectivity index (χ1n) is 10.5. The molecule has 0 bridgehead atoms. The maximum absolute atomic E-state index is 13.0. The van der Waals surface area contributed by atoms with E-state index in [0.29, 0.717) is 0 Å². The average molecular weight is 511 g/mol. The lowest BCUT2D eigenvalue weighted by atomic mass is 10.1. The van der Waals surface area contributed by atoms with Crippen molar-refractivity contribution in [2.75, 3.05) is 6.61 Å². The summed E-state index contributed by atoms with van der Waals surface area (Å²) in [6.07, 6.45) is 0. The van der Waals surface area contributed by atoms with Gasteiger partial charge in [0, 0.05) is 0 Å². The minimum absolute atomic E-state index is 0.00112. The molecule has 0 saturated carbocycles. The molecule has 0 N–H and O–H groups in total. The van der Waals surface area contributed by atoms with Crippen LogP contribution in [0.4, 0.5) is 0 Å². The molecular formula is C25H19ClN2O6S. The summed E-state index contributed by atoms with van der Waals surface area (Å²) in [4.78, 5) is 25.2. The molecule has 1 heterocycles. The summed E-state index contributed by atoms with van der Waals surface area (Å²) in [5, 5.41) is 4.21. The zero-order valence-electron chi connectivity index (χ0n) is 18.4. The third kappa shape index (κ3) is 5.26. The van der Waals surface area contributed by atoms with Crippen LogP contribution in [0.15, 0.2) is 94.6 Å². The van der Waals surface area contributed by atoms with Crippen LogP contribution in [0.3, 0.4) is 0 Å². The Morgan fingerprint density at radius 1 is 0.943 bits per heavy atom. The highest BCUT2D eigenvalue weighted by Crippen LogP contribution is 2.25. The molecule has 0 fully saturated rings. The Labute approximate surface area is 206 Å². The number of halogens is 1. The summed E-state index contributed by atoms with van der Waals surface area (Å²) in [6, 6.07) is 22.6. The molecule has 0 amide bonds. The molecule has 0 unspecified atom stereocenters. The number of esters is 1. The Hall–Kier alpha value is -3.95. The van der Waals surface area contributed by atoms with Gasteiger partial charge in [0.1, 0.15) is 4.90 Å². The van der Waals surface area contributed by atoms with Gasteiger partial charge in [0.2, 0.25) is 5.69 Å². The van der Waals surface area contributed by atoms with Crippen molar-refractivity contribution in [3.05, 3.63) is 106 Å². The Morgan fingerprint density at radius 3 is 2.23 bits per heavy atom. The summed E-state index contributed by atoms with van der Waals surface area (Å²) in [5.41, 5.74) is 0.678. The fraction of sp³-hybridized carbons (Fsp3) is 0.0800. The minimum Gasteiger partial charge on any atom is -0.461 e. The van der Waals surface area contributed by atoms with Gasteiger partial charge in [0.25, 0.3) is 5.56 Å². The van der Waals surface area contributed by atoms with Crippen LogP contribution in [-0.2, 0) is 14.9 Å². The van der Waals surface area contributed by atoms with Crippen molar-refractivity contribution in [1.82, 2.24) is 9.78 Å². The third-order valence-corrected chi connectivity index (χ3v) is 6.46. The number of ether oxygens (including phenoxy) is 1. The van der Waals surface area contributed by atoms with E-state index in [4.69, 9.17) is 20.5 Å². The average Bonchev–Trinajstić information content (AvgIpc) is 2.85. The number of hydrogen-bond donors (Lipinski definition) is 0. The zero-order chi connectivity index (χ0) is 25.0. The van der Waals surface area contributed by atoms with Gasteiger partial charge in [-0.3, -0.25) is 4.79 Å². The molecule has 0 saturated heterocycles. The van der Waals surface area contributed by atoms with Crippen LogP contribution in [-0.4, -0.2) is 30.8 Å². The van der Waals surface area contributed by atoms with E-state index in [-0.39, 0.29) is 22.2 Å². The number of rotatable bonds is 7. The fourth-order valence-corrected chi connectivity index (χ4v) is 4.40. The number of hydrogen-bond acceptors (Lipinski definition) is 7. The second kappa shape index (κ2) is 10.1. The van der Waals surface area contributed by atoms with Gasteiger partial charge in [0.05, 0.1) is 23.4 Å². The molecule has 0 aliphatic carbocycles. The van der Waals surface area contributed by atoms with Gasteiger partial charge >= 0.3 is 16.1 Å². The summed E-state index contributed by atoms with van der Waals surface area (Å²) >= 11 is 6.16. The summed E-state index contributed by atoms with van der Waals surface area (Å²) < 4.78 is 37.0.